The zero-order valence-corrected chi connectivity index (χ0v) is 7.26. The minimum atomic E-state index is -0.429. The highest BCUT2D eigenvalue weighted by molar-refractivity contribution is 5.87. The van der Waals surface area contributed by atoms with E-state index in [-0.39, 0.29) is 11.6 Å². The van der Waals surface area contributed by atoms with Crippen molar-refractivity contribution in [2.24, 2.45) is 11.7 Å². The Labute approximate surface area is 67.2 Å². The minimum absolute atomic E-state index is 0.196. The SMILES string of the molecule is CCOC(=O)C(N)=CC(C)C. The molecule has 0 fully saturated rings. The van der Waals surface area contributed by atoms with Gasteiger partial charge < -0.3 is 10.5 Å². The van der Waals surface area contributed by atoms with Crippen LogP contribution in [0.25, 0.3) is 0 Å². The molecule has 0 aliphatic heterocycles. The number of hydrogen-bond donors (Lipinski definition) is 1. The van der Waals surface area contributed by atoms with Crippen LogP contribution in [0, 0.1) is 5.92 Å². The summed E-state index contributed by atoms with van der Waals surface area (Å²) in [6, 6.07) is 0. The topological polar surface area (TPSA) is 52.3 Å². The molecule has 2 N–H and O–H groups in total. The molecule has 0 amide bonds. The molecule has 3 nitrogen and oxygen atoms in total. The van der Waals surface area contributed by atoms with Crippen LogP contribution in [0.2, 0.25) is 0 Å². The molecular weight excluding hydrogens is 142 g/mol. The predicted molar refractivity (Wildman–Crippen MR) is 43.7 cm³/mol. The quantitative estimate of drug-likeness (QED) is 0.492. The Balaban J connectivity index is 4.01. The second-order valence-electron chi connectivity index (χ2n) is 2.59. The molecule has 11 heavy (non-hydrogen) atoms. The molecule has 0 aliphatic carbocycles. The lowest BCUT2D eigenvalue weighted by Crippen LogP contribution is -2.15. The summed E-state index contributed by atoms with van der Waals surface area (Å²) in [5.41, 5.74) is 5.59. The van der Waals surface area contributed by atoms with E-state index in [1.54, 1.807) is 13.0 Å². The van der Waals surface area contributed by atoms with Crippen molar-refractivity contribution in [1.82, 2.24) is 0 Å². The Morgan fingerprint density at radius 1 is 1.64 bits per heavy atom. The predicted octanol–water partition coefficient (Wildman–Crippen LogP) is 1.05. The monoisotopic (exact) mass is 157 g/mol. The van der Waals surface area contributed by atoms with Gasteiger partial charge >= 0.3 is 5.97 Å². The second kappa shape index (κ2) is 4.77. The van der Waals surface area contributed by atoms with Crippen molar-refractivity contribution < 1.29 is 9.53 Å². The summed E-state index contributed by atoms with van der Waals surface area (Å²) < 4.78 is 4.67. The first-order valence-corrected chi connectivity index (χ1v) is 3.72. The van der Waals surface area contributed by atoms with Crippen LogP contribution in [-0.2, 0) is 9.53 Å². The van der Waals surface area contributed by atoms with Gasteiger partial charge in [-0.1, -0.05) is 19.9 Å². The Kier molecular flexibility index (Phi) is 4.34. The van der Waals surface area contributed by atoms with Gasteiger partial charge in [-0.2, -0.15) is 0 Å². The van der Waals surface area contributed by atoms with Crippen LogP contribution in [0.4, 0.5) is 0 Å². The summed E-state index contributed by atoms with van der Waals surface area (Å²) in [6.45, 7) is 6.02. The molecule has 64 valence electrons. The normalized spacial score (nSPS) is 11.8. The molecule has 0 spiro atoms. The molecule has 0 saturated carbocycles. The van der Waals surface area contributed by atoms with E-state index in [9.17, 15) is 4.79 Å². The van der Waals surface area contributed by atoms with Gasteiger partial charge in [-0.05, 0) is 12.8 Å². The summed E-state index contributed by atoms with van der Waals surface area (Å²) in [4.78, 5) is 10.9. The average molecular weight is 157 g/mol. The fraction of sp³-hybridized carbons (Fsp3) is 0.625. The number of hydrogen-bond acceptors (Lipinski definition) is 3. The van der Waals surface area contributed by atoms with Crippen LogP contribution in [0.15, 0.2) is 11.8 Å². The number of esters is 1. The van der Waals surface area contributed by atoms with Crippen LogP contribution in [0.5, 0.6) is 0 Å². The molecule has 0 saturated heterocycles. The van der Waals surface area contributed by atoms with Crippen molar-refractivity contribution >= 4 is 5.97 Å². The minimum Gasteiger partial charge on any atom is -0.461 e. The van der Waals surface area contributed by atoms with Crippen LogP contribution in [0.1, 0.15) is 20.8 Å². The fourth-order valence-electron chi connectivity index (χ4n) is 0.642. The van der Waals surface area contributed by atoms with E-state index in [1.165, 1.54) is 0 Å². The fourth-order valence-corrected chi connectivity index (χ4v) is 0.642. The van der Waals surface area contributed by atoms with Gasteiger partial charge in [-0.15, -0.1) is 0 Å². The molecule has 0 heterocycles. The highest BCUT2D eigenvalue weighted by Gasteiger charge is 2.04. The largest absolute Gasteiger partial charge is 0.461 e. The van der Waals surface area contributed by atoms with Gasteiger partial charge in [0.25, 0.3) is 0 Å². The van der Waals surface area contributed by atoms with Crippen molar-refractivity contribution in [2.45, 2.75) is 20.8 Å². The van der Waals surface area contributed by atoms with E-state index in [0.717, 1.165) is 0 Å². The number of ether oxygens (including phenoxy) is 1. The van der Waals surface area contributed by atoms with Gasteiger partial charge in [-0.25, -0.2) is 4.79 Å². The Morgan fingerprint density at radius 3 is 2.55 bits per heavy atom. The zero-order valence-electron chi connectivity index (χ0n) is 7.26. The summed E-state index contributed by atoms with van der Waals surface area (Å²) in [6.07, 6.45) is 1.68. The molecule has 3 heteroatoms. The van der Waals surface area contributed by atoms with E-state index in [1.807, 2.05) is 13.8 Å². The maximum absolute atomic E-state index is 10.9. The smallest absolute Gasteiger partial charge is 0.353 e. The molecule has 0 radical (unpaired) electrons. The van der Waals surface area contributed by atoms with Gasteiger partial charge in [0.05, 0.1) is 6.61 Å². The van der Waals surface area contributed by atoms with E-state index >= 15 is 0 Å². The zero-order chi connectivity index (χ0) is 8.85. The average Bonchev–Trinajstić information content (AvgIpc) is 1.86. The Hall–Kier alpha value is -0.990. The van der Waals surface area contributed by atoms with Crippen molar-refractivity contribution in [3.8, 4) is 0 Å². The van der Waals surface area contributed by atoms with Crippen LogP contribution < -0.4 is 5.73 Å². The Bertz CT molecular complexity index is 161. The lowest BCUT2D eigenvalue weighted by atomic mass is 10.2. The molecule has 0 aromatic rings. The van der Waals surface area contributed by atoms with Crippen LogP contribution in [0.3, 0.4) is 0 Å². The van der Waals surface area contributed by atoms with Gasteiger partial charge in [0.2, 0.25) is 0 Å². The number of carbonyl (C=O) groups excluding carboxylic acids is 1. The lowest BCUT2D eigenvalue weighted by molar-refractivity contribution is -0.138. The van der Waals surface area contributed by atoms with Crippen molar-refractivity contribution in [2.75, 3.05) is 6.61 Å². The van der Waals surface area contributed by atoms with Gasteiger partial charge in [0.15, 0.2) is 0 Å². The number of nitrogens with two attached hydrogens (primary N) is 1. The third-order valence-corrected chi connectivity index (χ3v) is 1.02. The first-order chi connectivity index (χ1) is 5.07. The number of carbonyl (C=O) groups is 1. The molecule has 0 rings (SSSR count). The van der Waals surface area contributed by atoms with Gasteiger partial charge in [-0.3, -0.25) is 0 Å². The van der Waals surface area contributed by atoms with E-state index in [4.69, 9.17) is 5.73 Å². The van der Waals surface area contributed by atoms with Gasteiger partial charge in [0.1, 0.15) is 5.70 Å². The van der Waals surface area contributed by atoms with Crippen molar-refractivity contribution in [1.29, 1.82) is 0 Å². The van der Waals surface area contributed by atoms with E-state index in [0.29, 0.717) is 6.61 Å². The summed E-state index contributed by atoms with van der Waals surface area (Å²) >= 11 is 0. The standard InChI is InChI=1S/C8H15NO2/c1-4-11-8(10)7(9)5-6(2)3/h5-6H,4,9H2,1-3H3. The lowest BCUT2D eigenvalue weighted by Gasteiger charge is -2.02. The molecule has 0 aromatic heterocycles. The summed E-state index contributed by atoms with van der Waals surface area (Å²) in [5, 5.41) is 0. The first-order valence-electron chi connectivity index (χ1n) is 3.72. The first kappa shape index (κ1) is 10.0. The van der Waals surface area contributed by atoms with Crippen molar-refractivity contribution in [3.63, 3.8) is 0 Å². The summed E-state index contributed by atoms with van der Waals surface area (Å²) in [7, 11) is 0. The maximum atomic E-state index is 10.9. The molecule has 0 unspecified atom stereocenters. The van der Waals surface area contributed by atoms with E-state index < -0.39 is 5.97 Å². The highest BCUT2D eigenvalue weighted by atomic mass is 16.5. The summed E-state index contributed by atoms with van der Waals surface area (Å²) in [5.74, 6) is -0.152. The second-order valence-corrected chi connectivity index (χ2v) is 2.59. The van der Waals surface area contributed by atoms with E-state index in [2.05, 4.69) is 4.74 Å². The van der Waals surface area contributed by atoms with Crippen LogP contribution >= 0.6 is 0 Å². The van der Waals surface area contributed by atoms with Gasteiger partial charge in [0, 0.05) is 0 Å². The number of allylic oxidation sites excluding steroid dienone is 1. The molecule has 0 bridgehead atoms. The Morgan fingerprint density at radius 2 is 2.18 bits per heavy atom. The molecule has 0 aromatic carbocycles. The third kappa shape index (κ3) is 4.42. The van der Waals surface area contributed by atoms with Crippen LogP contribution in [-0.4, -0.2) is 12.6 Å². The highest BCUT2D eigenvalue weighted by Crippen LogP contribution is 1.98. The molecular formula is C8H15NO2. The number of rotatable bonds is 3. The van der Waals surface area contributed by atoms with Crippen molar-refractivity contribution in [3.05, 3.63) is 11.8 Å². The maximum Gasteiger partial charge on any atom is 0.353 e. The third-order valence-electron chi connectivity index (χ3n) is 1.02. The molecule has 0 atom stereocenters. The molecule has 0 aliphatic rings.